The lowest BCUT2D eigenvalue weighted by Gasteiger charge is -2.42. The number of benzene rings is 1. The van der Waals surface area contributed by atoms with E-state index in [0.29, 0.717) is 52.6 Å². The summed E-state index contributed by atoms with van der Waals surface area (Å²) in [7, 11) is -2.87. The summed E-state index contributed by atoms with van der Waals surface area (Å²) in [5.74, 6) is 0. The van der Waals surface area contributed by atoms with Crippen LogP contribution in [0, 0.1) is 0 Å². The quantitative estimate of drug-likeness (QED) is 0.798. The normalized spacial score (nSPS) is 21.7. The maximum atomic E-state index is 13.8. The van der Waals surface area contributed by atoms with Gasteiger partial charge in [0.05, 0.1) is 26.4 Å². The zero-order valence-electron chi connectivity index (χ0n) is 12.4. The molecule has 6 nitrogen and oxygen atoms in total. The molecule has 2 aliphatic heterocycles. The SMILES string of the molecule is O=P(Nc1ccc(Br)cc1)(N1CCOCC1)N1CCOCC1. The minimum atomic E-state index is -2.87. The Morgan fingerprint density at radius 3 is 1.82 bits per heavy atom. The van der Waals surface area contributed by atoms with Crippen molar-refractivity contribution in [3.8, 4) is 0 Å². The van der Waals surface area contributed by atoms with Crippen LogP contribution in [0.25, 0.3) is 0 Å². The van der Waals surface area contributed by atoms with Crippen molar-refractivity contribution < 1.29 is 14.0 Å². The van der Waals surface area contributed by atoms with Crippen molar-refractivity contribution in [2.45, 2.75) is 0 Å². The Balaban J connectivity index is 1.83. The standard InChI is InChI=1S/C14H21BrN3O3P/c15-13-1-3-14(4-2-13)16-22(19,17-5-9-20-10-6-17)18-7-11-21-12-8-18/h1-4H,5-12H2,(H,16,19). The average molecular weight is 390 g/mol. The number of ether oxygens (including phenoxy) is 2. The fraction of sp³-hybridized carbons (Fsp3) is 0.571. The minimum absolute atomic E-state index is 0.621. The van der Waals surface area contributed by atoms with E-state index in [9.17, 15) is 4.57 Å². The van der Waals surface area contributed by atoms with Gasteiger partial charge in [0, 0.05) is 36.3 Å². The van der Waals surface area contributed by atoms with E-state index >= 15 is 0 Å². The molecule has 22 heavy (non-hydrogen) atoms. The minimum Gasteiger partial charge on any atom is -0.379 e. The molecule has 0 unspecified atom stereocenters. The van der Waals surface area contributed by atoms with Crippen LogP contribution in [0.15, 0.2) is 28.7 Å². The Morgan fingerprint density at radius 2 is 1.36 bits per heavy atom. The first kappa shape index (κ1) is 16.4. The molecule has 2 aliphatic rings. The lowest BCUT2D eigenvalue weighted by Crippen LogP contribution is -2.45. The zero-order valence-corrected chi connectivity index (χ0v) is 14.9. The third-order valence-electron chi connectivity index (χ3n) is 3.86. The Kier molecular flexibility index (Phi) is 5.55. The van der Waals surface area contributed by atoms with E-state index in [-0.39, 0.29) is 0 Å². The van der Waals surface area contributed by atoms with Gasteiger partial charge in [-0.2, -0.15) is 0 Å². The van der Waals surface area contributed by atoms with Gasteiger partial charge in [-0.3, -0.25) is 4.57 Å². The molecule has 2 fully saturated rings. The monoisotopic (exact) mass is 389 g/mol. The van der Waals surface area contributed by atoms with Crippen molar-refractivity contribution in [2.24, 2.45) is 0 Å². The number of nitrogens with zero attached hydrogens (tertiary/aromatic N) is 2. The molecule has 0 spiro atoms. The highest BCUT2D eigenvalue weighted by atomic mass is 79.9. The van der Waals surface area contributed by atoms with Crippen LogP contribution < -0.4 is 5.09 Å². The van der Waals surface area contributed by atoms with Crippen molar-refractivity contribution in [1.82, 2.24) is 9.34 Å². The molecular formula is C14H21BrN3O3P. The van der Waals surface area contributed by atoms with Crippen LogP contribution >= 0.6 is 23.5 Å². The molecule has 0 aromatic heterocycles. The van der Waals surface area contributed by atoms with Gasteiger partial charge in [-0.25, -0.2) is 9.34 Å². The van der Waals surface area contributed by atoms with Gasteiger partial charge in [-0.15, -0.1) is 0 Å². The van der Waals surface area contributed by atoms with E-state index in [1.807, 2.05) is 33.6 Å². The smallest absolute Gasteiger partial charge is 0.308 e. The van der Waals surface area contributed by atoms with Crippen LogP contribution in [-0.4, -0.2) is 61.9 Å². The average Bonchev–Trinajstić information content (AvgIpc) is 2.58. The first-order valence-electron chi connectivity index (χ1n) is 7.49. The van der Waals surface area contributed by atoms with E-state index in [1.165, 1.54) is 0 Å². The van der Waals surface area contributed by atoms with E-state index in [4.69, 9.17) is 9.47 Å². The zero-order chi connectivity index (χ0) is 15.4. The van der Waals surface area contributed by atoms with Gasteiger partial charge >= 0.3 is 7.59 Å². The summed E-state index contributed by atoms with van der Waals surface area (Å²) in [6, 6.07) is 7.78. The van der Waals surface area contributed by atoms with Crippen LogP contribution in [0.2, 0.25) is 0 Å². The summed E-state index contributed by atoms with van der Waals surface area (Å²) >= 11 is 3.43. The molecule has 0 atom stereocenters. The number of halogens is 1. The molecule has 1 aromatic carbocycles. The van der Waals surface area contributed by atoms with Crippen molar-refractivity contribution in [3.05, 3.63) is 28.7 Å². The number of morpholine rings is 2. The number of nitrogens with one attached hydrogen (secondary N) is 1. The lowest BCUT2D eigenvalue weighted by atomic mass is 10.3. The summed E-state index contributed by atoms with van der Waals surface area (Å²) < 4.78 is 29.7. The Bertz CT molecular complexity index is 509. The highest BCUT2D eigenvalue weighted by molar-refractivity contribution is 9.10. The van der Waals surface area contributed by atoms with E-state index in [1.54, 1.807) is 0 Å². The molecule has 2 saturated heterocycles. The summed E-state index contributed by atoms with van der Waals surface area (Å²) in [6.45, 7) is 5.20. The molecule has 2 heterocycles. The predicted molar refractivity (Wildman–Crippen MR) is 90.2 cm³/mol. The van der Waals surface area contributed by atoms with Crippen LogP contribution in [0.4, 0.5) is 5.69 Å². The van der Waals surface area contributed by atoms with Gasteiger partial charge in [0.2, 0.25) is 0 Å². The van der Waals surface area contributed by atoms with Gasteiger partial charge in [-0.05, 0) is 24.3 Å². The Hall–Kier alpha value is -0.430. The molecule has 0 aliphatic carbocycles. The second-order valence-electron chi connectivity index (χ2n) is 5.29. The predicted octanol–water partition coefficient (Wildman–Crippen LogP) is 2.63. The molecule has 3 rings (SSSR count). The van der Waals surface area contributed by atoms with Gasteiger partial charge in [-0.1, -0.05) is 15.9 Å². The summed E-state index contributed by atoms with van der Waals surface area (Å²) in [5, 5.41) is 3.30. The summed E-state index contributed by atoms with van der Waals surface area (Å²) in [6.07, 6.45) is 0. The maximum Gasteiger partial charge on any atom is 0.308 e. The van der Waals surface area contributed by atoms with Crippen LogP contribution in [0.5, 0.6) is 0 Å². The Morgan fingerprint density at radius 1 is 0.909 bits per heavy atom. The molecule has 1 aromatic rings. The fourth-order valence-electron chi connectivity index (χ4n) is 2.66. The van der Waals surface area contributed by atoms with Crippen molar-refractivity contribution in [1.29, 1.82) is 0 Å². The van der Waals surface area contributed by atoms with Crippen LogP contribution in [-0.2, 0) is 14.0 Å². The largest absolute Gasteiger partial charge is 0.379 e. The first-order chi connectivity index (χ1) is 10.7. The second-order valence-corrected chi connectivity index (χ2v) is 8.65. The molecule has 0 saturated carbocycles. The topological polar surface area (TPSA) is 54.0 Å². The molecule has 1 N–H and O–H groups in total. The molecule has 122 valence electrons. The third-order valence-corrected chi connectivity index (χ3v) is 7.27. The van der Waals surface area contributed by atoms with Gasteiger partial charge in [0.25, 0.3) is 0 Å². The van der Waals surface area contributed by atoms with Gasteiger partial charge in [0.1, 0.15) is 0 Å². The van der Waals surface area contributed by atoms with Gasteiger partial charge < -0.3 is 14.6 Å². The van der Waals surface area contributed by atoms with E-state index in [2.05, 4.69) is 21.0 Å². The van der Waals surface area contributed by atoms with E-state index < -0.39 is 7.59 Å². The maximum absolute atomic E-state index is 13.8. The first-order valence-corrected chi connectivity index (χ1v) is 9.89. The lowest BCUT2D eigenvalue weighted by molar-refractivity contribution is 0.0530. The van der Waals surface area contributed by atoms with Crippen molar-refractivity contribution in [2.75, 3.05) is 57.7 Å². The molecule has 8 heteroatoms. The number of anilines is 1. The molecular weight excluding hydrogens is 369 g/mol. The van der Waals surface area contributed by atoms with Crippen molar-refractivity contribution >= 4 is 29.2 Å². The molecule has 0 radical (unpaired) electrons. The highest BCUT2D eigenvalue weighted by Crippen LogP contribution is 2.53. The third kappa shape index (κ3) is 3.72. The highest BCUT2D eigenvalue weighted by Gasteiger charge is 2.39. The number of hydrogen-bond donors (Lipinski definition) is 1. The fourth-order valence-corrected chi connectivity index (χ4v) is 5.46. The number of hydrogen-bond acceptors (Lipinski definition) is 3. The Labute approximate surface area is 139 Å². The van der Waals surface area contributed by atoms with Crippen molar-refractivity contribution in [3.63, 3.8) is 0 Å². The second kappa shape index (κ2) is 7.43. The number of rotatable bonds is 4. The van der Waals surface area contributed by atoms with Crippen LogP contribution in [0.3, 0.4) is 0 Å². The summed E-state index contributed by atoms with van der Waals surface area (Å²) in [5.41, 5.74) is 0.865. The summed E-state index contributed by atoms with van der Waals surface area (Å²) in [4.78, 5) is 0. The van der Waals surface area contributed by atoms with E-state index in [0.717, 1.165) is 10.2 Å². The molecule has 0 amide bonds. The van der Waals surface area contributed by atoms with Gasteiger partial charge in [0.15, 0.2) is 0 Å². The van der Waals surface area contributed by atoms with Crippen LogP contribution in [0.1, 0.15) is 0 Å². The molecule has 0 bridgehead atoms.